The Morgan fingerprint density at radius 1 is 1.47 bits per heavy atom. The van der Waals surface area contributed by atoms with Crippen molar-refractivity contribution in [3.63, 3.8) is 0 Å². The summed E-state index contributed by atoms with van der Waals surface area (Å²) < 4.78 is 7.04. The Balaban J connectivity index is 1.81. The Morgan fingerprint density at radius 3 is 3.12 bits per heavy atom. The zero-order chi connectivity index (χ0) is 11.7. The lowest BCUT2D eigenvalue weighted by Gasteiger charge is -1.95. The van der Waals surface area contributed by atoms with E-state index in [1.165, 1.54) is 0 Å². The molecule has 0 saturated heterocycles. The Morgan fingerprint density at radius 2 is 2.41 bits per heavy atom. The summed E-state index contributed by atoms with van der Waals surface area (Å²) >= 11 is 7.35. The van der Waals surface area contributed by atoms with E-state index in [0.717, 1.165) is 16.5 Å². The summed E-state index contributed by atoms with van der Waals surface area (Å²) in [5.74, 6) is 0.791. The van der Waals surface area contributed by atoms with Gasteiger partial charge in [-0.05, 0) is 12.1 Å². The molecular formula is C11H8ClN3OS. The van der Waals surface area contributed by atoms with Crippen molar-refractivity contribution in [2.45, 2.75) is 6.54 Å². The van der Waals surface area contributed by atoms with Crippen LogP contribution in [0.25, 0.3) is 10.8 Å². The fourth-order valence-electron chi connectivity index (χ4n) is 1.48. The first-order valence-corrected chi connectivity index (χ1v) is 6.23. The molecule has 6 heteroatoms. The molecule has 0 aliphatic heterocycles. The maximum absolute atomic E-state index is 5.80. The van der Waals surface area contributed by atoms with E-state index in [1.54, 1.807) is 34.7 Å². The zero-order valence-corrected chi connectivity index (χ0v) is 10.3. The lowest BCUT2D eigenvalue weighted by molar-refractivity contribution is 0.581. The van der Waals surface area contributed by atoms with Gasteiger partial charge in [-0.15, -0.1) is 11.3 Å². The first-order chi connectivity index (χ1) is 8.31. The van der Waals surface area contributed by atoms with Gasteiger partial charge in [-0.2, -0.15) is 5.10 Å². The van der Waals surface area contributed by atoms with Gasteiger partial charge in [-0.25, -0.2) is 4.98 Å². The van der Waals surface area contributed by atoms with Crippen molar-refractivity contribution in [2.75, 3.05) is 0 Å². The molecule has 0 spiro atoms. The Hall–Kier alpha value is -1.59. The summed E-state index contributed by atoms with van der Waals surface area (Å²) in [5.41, 5.74) is 0.946. The van der Waals surface area contributed by atoms with Gasteiger partial charge in [0.25, 0.3) is 0 Å². The van der Waals surface area contributed by atoms with Crippen LogP contribution < -0.4 is 0 Å². The molecule has 86 valence electrons. The van der Waals surface area contributed by atoms with Crippen LogP contribution in [0.1, 0.15) is 5.69 Å². The Labute approximate surface area is 106 Å². The largest absolute Gasteiger partial charge is 0.462 e. The molecular weight excluding hydrogens is 258 g/mol. The van der Waals surface area contributed by atoms with E-state index in [-0.39, 0.29) is 0 Å². The number of hydrogen-bond acceptors (Lipinski definition) is 4. The third-order valence-corrected chi connectivity index (χ3v) is 3.31. The summed E-state index contributed by atoms with van der Waals surface area (Å²) in [4.78, 5) is 4.48. The second kappa shape index (κ2) is 4.35. The molecule has 0 aliphatic rings. The van der Waals surface area contributed by atoms with Crippen LogP contribution in [0, 0.1) is 0 Å². The molecule has 4 nitrogen and oxygen atoms in total. The predicted octanol–water partition coefficient (Wildman–Crippen LogP) is 3.30. The van der Waals surface area contributed by atoms with Crippen LogP contribution in [0.4, 0.5) is 0 Å². The van der Waals surface area contributed by atoms with Crippen molar-refractivity contribution in [1.29, 1.82) is 0 Å². The van der Waals surface area contributed by atoms with Crippen molar-refractivity contribution in [3.8, 4) is 10.8 Å². The van der Waals surface area contributed by atoms with Gasteiger partial charge in [0.2, 0.25) is 0 Å². The number of nitrogens with zero attached hydrogens (tertiary/aromatic N) is 3. The summed E-state index contributed by atoms with van der Waals surface area (Å²) in [6.07, 6.45) is 5.03. The average molecular weight is 266 g/mol. The molecule has 3 aromatic rings. The quantitative estimate of drug-likeness (QED) is 0.730. The fraction of sp³-hybridized carbons (Fsp3) is 0.0909. The second-order valence-electron chi connectivity index (χ2n) is 3.48. The molecule has 3 aromatic heterocycles. The first kappa shape index (κ1) is 10.6. The Bertz CT molecular complexity index is 614. The number of rotatable bonds is 3. The van der Waals surface area contributed by atoms with Gasteiger partial charge in [0.05, 0.1) is 29.7 Å². The lowest BCUT2D eigenvalue weighted by atomic mass is 10.4. The number of aromatic nitrogens is 3. The molecule has 0 atom stereocenters. The molecule has 0 unspecified atom stereocenters. The van der Waals surface area contributed by atoms with Gasteiger partial charge in [0.15, 0.2) is 10.8 Å². The highest BCUT2D eigenvalue weighted by atomic mass is 35.5. The topological polar surface area (TPSA) is 43.9 Å². The van der Waals surface area contributed by atoms with E-state index in [2.05, 4.69) is 10.1 Å². The molecule has 0 aromatic carbocycles. The normalized spacial score (nSPS) is 10.9. The number of furan rings is 1. The van der Waals surface area contributed by atoms with E-state index in [0.29, 0.717) is 11.6 Å². The van der Waals surface area contributed by atoms with Crippen LogP contribution in [-0.4, -0.2) is 14.8 Å². The van der Waals surface area contributed by atoms with E-state index in [1.807, 2.05) is 17.5 Å². The van der Waals surface area contributed by atoms with E-state index in [4.69, 9.17) is 16.0 Å². The number of thiazole rings is 1. The third kappa shape index (κ3) is 2.25. The summed E-state index contributed by atoms with van der Waals surface area (Å²) in [5, 5.41) is 7.61. The molecule has 0 amide bonds. The van der Waals surface area contributed by atoms with Crippen LogP contribution >= 0.6 is 22.9 Å². The molecule has 3 heterocycles. The standard InChI is InChI=1S/C11H8ClN3OS/c12-8-4-13-15(5-8)6-9-7-17-11(14-9)10-2-1-3-16-10/h1-5,7H,6H2. The highest BCUT2D eigenvalue weighted by Gasteiger charge is 2.07. The number of hydrogen-bond donors (Lipinski definition) is 0. The summed E-state index contributed by atoms with van der Waals surface area (Å²) in [7, 11) is 0. The monoisotopic (exact) mass is 265 g/mol. The van der Waals surface area contributed by atoms with E-state index in [9.17, 15) is 0 Å². The SMILES string of the molecule is Clc1cnn(Cc2csc(-c3ccco3)n2)c1. The third-order valence-electron chi connectivity index (χ3n) is 2.21. The molecule has 0 saturated carbocycles. The van der Waals surface area contributed by atoms with Crippen LogP contribution in [0.2, 0.25) is 5.02 Å². The minimum absolute atomic E-state index is 0.615. The van der Waals surface area contributed by atoms with Crippen LogP contribution in [0.5, 0.6) is 0 Å². The molecule has 3 rings (SSSR count). The minimum atomic E-state index is 0.615. The average Bonchev–Trinajstić information content (AvgIpc) is 3.00. The maximum Gasteiger partial charge on any atom is 0.162 e. The van der Waals surface area contributed by atoms with Gasteiger partial charge in [-0.1, -0.05) is 11.6 Å². The molecule has 0 N–H and O–H groups in total. The first-order valence-electron chi connectivity index (χ1n) is 4.97. The van der Waals surface area contributed by atoms with Crippen LogP contribution in [-0.2, 0) is 6.54 Å². The van der Waals surface area contributed by atoms with Crippen LogP contribution in [0.15, 0.2) is 40.6 Å². The maximum atomic E-state index is 5.80. The molecule has 0 fully saturated rings. The Kier molecular flexibility index (Phi) is 2.70. The molecule has 0 radical (unpaired) electrons. The van der Waals surface area contributed by atoms with Crippen molar-refractivity contribution in [3.05, 3.63) is 46.9 Å². The molecule has 0 bridgehead atoms. The zero-order valence-electron chi connectivity index (χ0n) is 8.71. The van der Waals surface area contributed by atoms with Crippen molar-refractivity contribution in [2.24, 2.45) is 0 Å². The van der Waals surface area contributed by atoms with Crippen molar-refractivity contribution < 1.29 is 4.42 Å². The van der Waals surface area contributed by atoms with Crippen LogP contribution in [0.3, 0.4) is 0 Å². The van der Waals surface area contributed by atoms with Gasteiger partial charge >= 0.3 is 0 Å². The van der Waals surface area contributed by atoms with Crippen molar-refractivity contribution >= 4 is 22.9 Å². The molecule has 0 aliphatic carbocycles. The van der Waals surface area contributed by atoms with E-state index >= 15 is 0 Å². The van der Waals surface area contributed by atoms with Gasteiger partial charge in [0, 0.05) is 11.6 Å². The smallest absolute Gasteiger partial charge is 0.162 e. The highest BCUT2D eigenvalue weighted by molar-refractivity contribution is 7.13. The summed E-state index contributed by atoms with van der Waals surface area (Å²) in [6, 6.07) is 3.75. The van der Waals surface area contributed by atoms with Crippen molar-refractivity contribution in [1.82, 2.24) is 14.8 Å². The predicted molar refractivity (Wildman–Crippen MR) is 66.2 cm³/mol. The van der Waals surface area contributed by atoms with Gasteiger partial charge < -0.3 is 4.42 Å². The minimum Gasteiger partial charge on any atom is -0.462 e. The van der Waals surface area contributed by atoms with E-state index < -0.39 is 0 Å². The second-order valence-corrected chi connectivity index (χ2v) is 4.77. The molecule has 17 heavy (non-hydrogen) atoms. The highest BCUT2D eigenvalue weighted by Crippen LogP contribution is 2.24. The fourth-order valence-corrected chi connectivity index (χ4v) is 2.42. The van der Waals surface area contributed by atoms with Gasteiger partial charge in [0.1, 0.15) is 0 Å². The lowest BCUT2D eigenvalue weighted by Crippen LogP contribution is -1.99. The summed E-state index contributed by atoms with van der Waals surface area (Å²) in [6.45, 7) is 0.615. The number of halogens is 1. The van der Waals surface area contributed by atoms with Gasteiger partial charge in [-0.3, -0.25) is 4.68 Å².